The van der Waals surface area contributed by atoms with Crippen LogP contribution in [0.5, 0.6) is 0 Å². The van der Waals surface area contributed by atoms with Gasteiger partial charge in [-0.2, -0.15) is 5.10 Å². The molecular formula is C12H16N2. The van der Waals surface area contributed by atoms with Gasteiger partial charge in [-0.3, -0.25) is 5.43 Å². The van der Waals surface area contributed by atoms with E-state index < -0.39 is 0 Å². The van der Waals surface area contributed by atoms with Crippen molar-refractivity contribution in [2.75, 3.05) is 5.43 Å². The van der Waals surface area contributed by atoms with Crippen molar-refractivity contribution in [3.63, 3.8) is 0 Å². The van der Waals surface area contributed by atoms with Crippen LogP contribution < -0.4 is 5.43 Å². The van der Waals surface area contributed by atoms with Gasteiger partial charge in [0.25, 0.3) is 0 Å². The quantitative estimate of drug-likeness (QED) is 0.707. The molecule has 1 N–H and O–H groups in total. The van der Waals surface area contributed by atoms with E-state index in [0.717, 1.165) is 5.69 Å². The molecule has 0 heterocycles. The zero-order valence-corrected chi connectivity index (χ0v) is 8.59. The number of hydrogen-bond donors (Lipinski definition) is 1. The summed E-state index contributed by atoms with van der Waals surface area (Å²) in [6.07, 6.45) is 4.93. The Kier molecular flexibility index (Phi) is 2.82. The number of anilines is 1. The van der Waals surface area contributed by atoms with Gasteiger partial charge >= 0.3 is 0 Å². The molecule has 1 fully saturated rings. The van der Waals surface area contributed by atoms with Gasteiger partial charge in [0, 0.05) is 5.71 Å². The molecule has 2 rings (SSSR count). The molecule has 1 aliphatic rings. The third-order valence-corrected chi connectivity index (χ3v) is 2.54. The average Bonchev–Trinajstić information content (AvgIpc) is 2.67. The minimum absolute atomic E-state index is 1.09. The molecule has 1 aromatic carbocycles. The molecule has 74 valence electrons. The maximum atomic E-state index is 4.40. The largest absolute Gasteiger partial charge is 0.279 e. The van der Waals surface area contributed by atoms with Gasteiger partial charge in [0.1, 0.15) is 0 Å². The van der Waals surface area contributed by atoms with Crippen LogP contribution in [0.25, 0.3) is 0 Å². The van der Waals surface area contributed by atoms with Crippen LogP contribution in [0.3, 0.4) is 0 Å². The fourth-order valence-corrected chi connectivity index (χ4v) is 1.75. The van der Waals surface area contributed by atoms with Gasteiger partial charge < -0.3 is 0 Å². The number of hydrogen-bond acceptors (Lipinski definition) is 2. The van der Waals surface area contributed by atoms with Gasteiger partial charge in [-0.05, 0) is 50.3 Å². The van der Waals surface area contributed by atoms with Crippen LogP contribution in [0.4, 0.5) is 5.69 Å². The Morgan fingerprint density at radius 2 is 2.00 bits per heavy atom. The summed E-state index contributed by atoms with van der Waals surface area (Å²) >= 11 is 0. The first kappa shape index (κ1) is 9.25. The molecule has 2 nitrogen and oxygen atoms in total. The number of nitrogens with zero attached hydrogens (tertiary/aromatic N) is 1. The highest BCUT2D eigenvalue weighted by Crippen LogP contribution is 2.15. The number of hydrazone groups is 1. The normalized spacial score (nSPS) is 15.6. The van der Waals surface area contributed by atoms with Crippen LogP contribution >= 0.6 is 0 Å². The van der Waals surface area contributed by atoms with Gasteiger partial charge in [-0.25, -0.2) is 0 Å². The second-order valence-electron chi connectivity index (χ2n) is 3.87. The molecule has 1 saturated carbocycles. The molecule has 0 atom stereocenters. The summed E-state index contributed by atoms with van der Waals surface area (Å²) in [4.78, 5) is 0. The Morgan fingerprint density at radius 1 is 1.21 bits per heavy atom. The van der Waals surface area contributed by atoms with Crippen molar-refractivity contribution in [3.05, 3.63) is 29.8 Å². The Bertz CT molecular complexity index is 334. The Balaban J connectivity index is 2.00. The summed E-state index contributed by atoms with van der Waals surface area (Å²) in [5.41, 5.74) is 6.78. The van der Waals surface area contributed by atoms with Crippen LogP contribution in [0.2, 0.25) is 0 Å². The molecule has 0 aliphatic heterocycles. The molecular weight excluding hydrogens is 172 g/mol. The maximum absolute atomic E-state index is 4.40. The molecule has 1 aromatic rings. The molecule has 14 heavy (non-hydrogen) atoms. The lowest BCUT2D eigenvalue weighted by Gasteiger charge is -2.02. The predicted octanol–water partition coefficient (Wildman–Crippen LogP) is 3.34. The van der Waals surface area contributed by atoms with E-state index >= 15 is 0 Å². The minimum atomic E-state index is 1.09. The highest BCUT2D eigenvalue weighted by atomic mass is 15.3. The molecule has 2 heteroatoms. The highest BCUT2D eigenvalue weighted by molar-refractivity contribution is 5.86. The summed E-state index contributed by atoms with van der Waals surface area (Å²) < 4.78 is 0. The zero-order chi connectivity index (χ0) is 9.80. The van der Waals surface area contributed by atoms with Crippen LogP contribution in [0.15, 0.2) is 29.4 Å². The molecule has 0 radical (unpaired) electrons. The van der Waals surface area contributed by atoms with E-state index in [-0.39, 0.29) is 0 Å². The lowest BCUT2D eigenvalue weighted by Crippen LogP contribution is -1.96. The third kappa shape index (κ3) is 2.34. The standard InChI is InChI=1S/C12H16N2/c1-10-5-4-8-12(9-10)14-13-11-6-2-3-7-11/h4-5,8-9,14H,2-3,6-7H2,1H3. The summed E-state index contributed by atoms with van der Waals surface area (Å²) in [6.45, 7) is 2.09. The summed E-state index contributed by atoms with van der Waals surface area (Å²) in [7, 11) is 0. The van der Waals surface area contributed by atoms with Gasteiger partial charge in [-0.1, -0.05) is 12.1 Å². The van der Waals surface area contributed by atoms with E-state index in [1.54, 1.807) is 0 Å². The van der Waals surface area contributed by atoms with E-state index in [1.165, 1.54) is 37.0 Å². The van der Waals surface area contributed by atoms with Crippen molar-refractivity contribution in [3.8, 4) is 0 Å². The first-order valence-electron chi connectivity index (χ1n) is 5.23. The van der Waals surface area contributed by atoms with Gasteiger partial charge in [0.15, 0.2) is 0 Å². The Labute approximate surface area is 85.0 Å². The lowest BCUT2D eigenvalue weighted by atomic mass is 10.2. The molecule has 1 aliphatic carbocycles. The molecule has 0 bridgehead atoms. The van der Waals surface area contributed by atoms with Crippen molar-refractivity contribution < 1.29 is 0 Å². The van der Waals surface area contributed by atoms with Crippen molar-refractivity contribution in [1.29, 1.82) is 0 Å². The SMILES string of the molecule is Cc1cccc(NN=C2CCCC2)c1. The summed E-state index contributed by atoms with van der Waals surface area (Å²) in [5, 5.41) is 4.40. The molecule has 0 unspecified atom stereocenters. The van der Waals surface area contributed by atoms with Crippen LogP contribution in [0, 0.1) is 6.92 Å². The maximum Gasteiger partial charge on any atom is 0.0564 e. The average molecular weight is 188 g/mol. The first-order chi connectivity index (χ1) is 6.84. The highest BCUT2D eigenvalue weighted by Gasteiger charge is 2.07. The van der Waals surface area contributed by atoms with Crippen LogP contribution in [-0.2, 0) is 0 Å². The Hall–Kier alpha value is -1.31. The summed E-state index contributed by atoms with van der Waals surface area (Å²) in [6, 6.07) is 8.30. The number of aryl methyl sites for hydroxylation is 1. The lowest BCUT2D eigenvalue weighted by molar-refractivity contribution is 0.886. The third-order valence-electron chi connectivity index (χ3n) is 2.54. The van der Waals surface area contributed by atoms with Crippen LogP contribution in [0.1, 0.15) is 31.2 Å². The first-order valence-corrected chi connectivity index (χ1v) is 5.23. The Morgan fingerprint density at radius 3 is 2.71 bits per heavy atom. The van der Waals surface area contributed by atoms with E-state index in [4.69, 9.17) is 0 Å². The van der Waals surface area contributed by atoms with E-state index in [2.05, 4.69) is 29.6 Å². The fraction of sp³-hybridized carbons (Fsp3) is 0.417. The molecule has 0 amide bonds. The van der Waals surface area contributed by atoms with Crippen molar-refractivity contribution in [2.24, 2.45) is 5.10 Å². The summed E-state index contributed by atoms with van der Waals surface area (Å²) in [5.74, 6) is 0. The smallest absolute Gasteiger partial charge is 0.0564 e. The second kappa shape index (κ2) is 4.27. The monoisotopic (exact) mass is 188 g/mol. The van der Waals surface area contributed by atoms with Crippen molar-refractivity contribution in [2.45, 2.75) is 32.6 Å². The fourth-order valence-electron chi connectivity index (χ4n) is 1.75. The molecule has 0 aromatic heterocycles. The van der Waals surface area contributed by atoms with Gasteiger partial charge in [0.05, 0.1) is 5.69 Å². The van der Waals surface area contributed by atoms with E-state index in [9.17, 15) is 0 Å². The minimum Gasteiger partial charge on any atom is -0.279 e. The zero-order valence-electron chi connectivity index (χ0n) is 8.59. The van der Waals surface area contributed by atoms with E-state index in [1.807, 2.05) is 12.1 Å². The topological polar surface area (TPSA) is 24.4 Å². The number of benzene rings is 1. The number of rotatable bonds is 2. The second-order valence-corrected chi connectivity index (χ2v) is 3.87. The predicted molar refractivity (Wildman–Crippen MR) is 60.7 cm³/mol. The molecule has 0 saturated heterocycles. The molecule has 0 spiro atoms. The van der Waals surface area contributed by atoms with Gasteiger partial charge in [0.2, 0.25) is 0 Å². The van der Waals surface area contributed by atoms with E-state index in [0.29, 0.717) is 0 Å². The van der Waals surface area contributed by atoms with Gasteiger partial charge in [-0.15, -0.1) is 0 Å². The van der Waals surface area contributed by atoms with Crippen molar-refractivity contribution in [1.82, 2.24) is 0 Å². The van der Waals surface area contributed by atoms with Crippen molar-refractivity contribution >= 4 is 11.4 Å². The van der Waals surface area contributed by atoms with Crippen LogP contribution in [-0.4, -0.2) is 5.71 Å². The number of nitrogens with one attached hydrogen (secondary N) is 1.